The van der Waals surface area contributed by atoms with Gasteiger partial charge in [-0.2, -0.15) is 0 Å². The minimum atomic E-state index is -0.0555. The number of anilines is 1. The molecular formula is C23H24N2O2S. The number of benzene rings is 3. The van der Waals surface area contributed by atoms with Crippen LogP contribution < -0.4 is 10.1 Å². The van der Waals surface area contributed by atoms with Crippen molar-refractivity contribution in [2.24, 2.45) is 0 Å². The first-order valence-electron chi connectivity index (χ1n) is 9.06. The molecule has 0 radical (unpaired) electrons. The maximum absolute atomic E-state index is 12.4. The second-order valence-corrected chi connectivity index (χ2v) is 7.39. The van der Waals surface area contributed by atoms with E-state index in [2.05, 4.69) is 35.8 Å². The van der Waals surface area contributed by atoms with Crippen LogP contribution in [0, 0.1) is 0 Å². The number of likely N-dealkylation sites (N-methyl/N-ethyl adjacent to an activating group) is 1. The zero-order chi connectivity index (χ0) is 19.8. The number of thioether (sulfide) groups is 1. The van der Waals surface area contributed by atoms with E-state index in [0.717, 1.165) is 18.0 Å². The number of para-hydroxylation sites is 1. The Morgan fingerprint density at radius 1 is 0.964 bits per heavy atom. The van der Waals surface area contributed by atoms with Crippen molar-refractivity contribution in [1.29, 1.82) is 0 Å². The molecule has 4 nitrogen and oxygen atoms in total. The first kappa shape index (κ1) is 20.0. The lowest BCUT2D eigenvalue weighted by molar-refractivity contribution is -0.117. The summed E-state index contributed by atoms with van der Waals surface area (Å²) in [6, 6.07) is 25.4. The van der Waals surface area contributed by atoms with Gasteiger partial charge in [0.15, 0.2) is 0 Å². The number of carbonyl (C=O) groups excluding carboxylic acids is 1. The Balaban J connectivity index is 1.53. The monoisotopic (exact) mass is 392 g/mol. The highest BCUT2D eigenvalue weighted by atomic mass is 32.2. The van der Waals surface area contributed by atoms with Gasteiger partial charge in [0.1, 0.15) is 11.5 Å². The molecule has 0 aliphatic rings. The van der Waals surface area contributed by atoms with E-state index >= 15 is 0 Å². The van der Waals surface area contributed by atoms with Crippen molar-refractivity contribution in [3.63, 3.8) is 0 Å². The maximum Gasteiger partial charge on any atom is 0.238 e. The quantitative estimate of drug-likeness (QED) is 0.530. The normalized spacial score (nSPS) is 10.7. The van der Waals surface area contributed by atoms with Crippen LogP contribution in [0.3, 0.4) is 0 Å². The van der Waals surface area contributed by atoms with Gasteiger partial charge in [-0.05, 0) is 55.3 Å². The molecule has 28 heavy (non-hydrogen) atoms. The van der Waals surface area contributed by atoms with Gasteiger partial charge in [0.05, 0.1) is 6.54 Å². The first-order valence-corrected chi connectivity index (χ1v) is 10.3. The number of hydrogen-bond donors (Lipinski definition) is 1. The van der Waals surface area contributed by atoms with Gasteiger partial charge in [-0.15, -0.1) is 11.8 Å². The molecule has 3 aromatic carbocycles. The predicted octanol–water partition coefficient (Wildman–Crippen LogP) is 5.27. The maximum atomic E-state index is 12.4. The third-order valence-corrected chi connectivity index (χ3v) is 4.87. The van der Waals surface area contributed by atoms with E-state index in [-0.39, 0.29) is 5.91 Å². The molecule has 144 valence electrons. The van der Waals surface area contributed by atoms with E-state index in [9.17, 15) is 4.79 Å². The van der Waals surface area contributed by atoms with E-state index in [1.54, 1.807) is 11.8 Å². The molecule has 0 bridgehead atoms. The second kappa shape index (κ2) is 9.97. The molecule has 1 amide bonds. The van der Waals surface area contributed by atoms with E-state index in [1.807, 2.05) is 66.5 Å². The largest absolute Gasteiger partial charge is 0.457 e. The van der Waals surface area contributed by atoms with Crippen molar-refractivity contribution in [2.75, 3.05) is 25.2 Å². The zero-order valence-corrected chi connectivity index (χ0v) is 16.9. The Morgan fingerprint density at radius 2 is 1.68 bits per heavy atom. The van der Waals surface area contributed by atoms with Gasteiger partial charge in [-0.1, -0.05) is 36.4 Å². The lowest BCUT2D eigenvalue weighted by Crippen LogP contribution is -2.29. The van der Waals surface area contributed by atoms with Crippen molar-refractivity contribution in [1.82, 2.24) is 4.90 Å². The molecule has 0 saturated heterocycles. The minimum absolute atomic E-state index is 0.0555. The standard InChI is InChI=1S/C23H24N2O2S/c1-25(16-18-11-13-22(28-2)14-12-18)17-23(26)24-19-7-6-10-21(15-19)27-20-8-4-3-5-9-20/h3-15H,16-17H2,1-2H3,(H,24,26). The molecule has 3 rings (SSSR count). The summed E-state index contributed by atoms with van der Waals surface area (Å²) >= 11 is 1.72. The summed E-state index contributed by atoms with van der Waals surface area (Å²) in [5.74, 6) is 1.39. The number of ether oxygens (including phenoxy) is 1. The number of carbonyl (C=O) groups is 1. The molecule has 0 aromatic heterocycles. The fourth-order valence-electron chi connectivity index (χ4n) is 2.81. The molecular weight excluding hydrogens is 368 g/mol. The summed E-state index contributed by atoms with van der Waals surface area (Å²) in [6.07, 6.45) is 2.06. The van der Waals surface area contributed by atoms with E-state index < -0.39 is 0 Å². The molecule has 0 aliphatic carbocycles. The van der Waals surface area contributed by atoms with Gasteiger partial charge >= 0.3 is 0 Å². The fraction of sp³-hybridized carbons (Fsp3) is 0.174. The molecule has 0 heterocycles. The summed E-state index contributed by atoms with van der Waals surface area (Å²) < 4.78 is 5.82. The SMILES string of the molecule is CSc1ccc(CN(C)CC(=O)Nc2cccc(Oc3ccccc3)c2)cc1. The summed E-state index contributed by atoms with van der Waals surface area (Å²) in [7, 11) is 1.94. The molecule has 0 fully saturated rings. The van der Waals surface area contributed by atoms with E-state index in [1.165, 1.54) is 10.5 Å². The lowest BCUT2D eigenvalue weighted by Gasteiger charge is -2.17. The van der Waals surface area contributed by atoms with Gasteiger partial charge in [-0.25, -0.2) is 0 Å². The average molecular weight is 393 g/mol. The third kappa shape index (κ3) is 6.15. The summed E-state index contributed by atoms with van der Waals surface area (Å²) in [4.78, 5) is 15.6. The van der Waals surface area contributed by atoms with Gasteiger partial charge in [-0.3, -0.25) is 9.69 Å². The summed E-state index contributed by atoms with van der Waals surface area (Å²) in [5.41, 5.74) is 1.91. The van der Waals surface area contributed by atoms with Crippen molar-refractivity contribution in [3.05, 3.63) is 84.4 Å². The highest BCUT2D eigenvalue weighted by Gasteiger charge is 2.08. The summed E-state index contributed by atoms with van der Waals surface area (Å²) in [6.45, 7) is 1.04. The van der Waals surface area contributed by atoms with Crippen molar-refractivity contribution < 1.29 is 9.53 Å². The Labute approximate surface area is 170 Å². The van der Waals surface area contributed by atoms with Crippen LogP contribution in [0.1, 0.15) is 5.56 Å². The van der Waals surface area contributed by atoms with Crippen molar-refractivity contribution in [3.8, 4) is 11.5 Å². The number of hydrogen-bond acceptors (Lipinski definition) is 4. The zero-order valence-electron chi connectivity index (χ0n) is 16.1. The number of amides is 1. The Hall–Kier alpha value is -2.76. The Morgan fingerprint density at radius 3 is 2.39 bits per heavy atom. The topological polar surface area (TPSA) is 41.6 Å². The molecule has 1 N–H and O–H groups in total. The van der Waals surface area contributed by atoms with Crippen molar-refractivity contribution in [2.45, 2.75) is 11.4 Å². The first-order chi connectivity index (χ1) is 13.6. The Kier molecular flexibility index (Phi) is 7.12. The molecule has 0 atom stereocenters. The molecule has 0 aliphatic heterocycles. The fourth-order valence-corrected chi connectivity index (χ4v) is 3.21. The van der Waals surface area contributed by atoms with Gasteiger partial charge < -0.3 is 10.1 Å². The molecule has 5 heteroatoms. The van der Waals surface area contributed by atoms with Crippen LogP contribution >= 0.6 is 11.8 Å². The van der Waals surface area contributed by atoms with Crippen LogP contribution in [0.5, 0.6) is 11.5 Å². The van der Waals surface area contributed by atoms with Crippen LogP contribution in [-0.2, 0) is 11.3 Å². The van der Waals surface area contributed by atoms with Crippen LogP contribution in [0.15, 0.2) is 83.8 Å². The molecule has 0 spiro atoms. The van der Waals surface area contributed by atoms with Crippen molar-refractivity contribution >= 4 is 23.4 Å². The highest BCUT2D eigenvalue weighted by molar-refractivity contribution is 7.98. The smallest absolute Gasteiger partial charge is 0.238 e. The van der Waals surface area contributed by atoms with Crippen LogP contribution in [-0.4, -0.2) is 30.7 Å². The summed E-state index contributed by atoms with van der Waals surface area (Å²) in [5, 5.41) is 2.94. The number of nitrogens with one attached hydrogen (secondary N) is 1. The van der Waals surface area contributed by atoms with Crippen LogP contribution in [0.4, 0.5) is 5.69 Å². The van der Waals surface area contributed by atoms with E-state index in [4.69, 9.17) is 4.74 Å². The van der Waals surface area contributed by atoms with E-state index in [0.29, 0.717) is 12.3 Å². The van der Waals surface area contributed by atoms with Gasteiger partial charge in [0.2, 0.25) is 5.91 Å². The molecule has 0 unspecified atom stereocenters. The third-order valence-electron chi connectivity index (χ3n) is 4.12. The Bertz CT molecular complexity index is 898. The highest BCUT2D eigenvalue weighted by Crippen LogP contribution is 2.23. The van der Waals surface area contributed by atoms with Gasteiger partial charge in [0.25, 0.3) is 0 Å². The molecule has 0 saturated carbocycles. The average Bonchev–Trinajstić information content (AvgIpc) is 2.69. The van der Waals surface area contributed by atoms with Crippen LogP contribution in [0.25, 0.3) is 0 Å². The minimum Gasteiger partial charge on any atom is -0.457 e. The van der Waals surface area contributed by atoms with Crippen LogP contribution in [0.2, 0.25) is 0 Å². The molecule has 3 aromatic rings. The lowest BCUT2D eigenvalue weighted by atomic mass is 10.2. The predicted molar refractivity (Wildman–Crippen MR) is 116 cm³/mol. The second-order valence-electron chi connectivity index (χ2n) is 6.51. The van der Waals surface area contributed by atoms with Gasteiger partial charge in [0, 0.05) is 23.2 Å². The number of nitrogens with zero attached hydrogens (tertiary/aromatic N) is 1. The number of rotatable bonds is 8.